The van der Waals surface area contributed by atoms with Gasteiger partial charge in [0.2, 0.25) is 0 Å². The van der Waals surface area contributed by atoms with Crippen molar-refractivity contribution in [3.05, 3.63) is 51.7 Å². The lowest BCUT2D eigenvalue weighted by atomic mass is 9.95. The summed E-state index contributed by atoms with van der Waals surface area (Å²) in [5, 5.41) is 2.19. The van der Waals surface area contributed by atoms with Crippen molar-refractivity contribution in [1.82, 2.24) is 4.90 Å². The minimum Gasteiger partial charge on any atom is -0.496 e. The number of hydrogen-bond donors (Lipinski definition) is 1. The van der Waals surface area contributed by atoms with E-state index in [0.717, 1.165) is 25.3 Å². The quantitative estimate of drug-likeness (QED) is 0.942. The van der Waals surface area contributed by atoms with Crippen LogP contribution in [0.1, 0.15) is 29.0 Å². The highest BCUT2D eigenvalue weighted by molar-refractivity contribution is 7.10. The predicted molar refractivity (Wildman–Crippen MR) is 87.8 cm³/mol. The van der Waals surface area contributed by atoms with Gasteiger partial charge in [0.25, 0.3) is 0 Å². The first-order valence-electron chi connectivity index (χ1n) is 7.38. The molecule has 1 aromatic heterocycles. The van der Waals surface area contributed by atoms with E-state index >= 15 is 0 Å². The summed E-state index contributed by atoms with van der Waals surface area (Å²) < 4.78 is 5.54. The average Bonchev–Trinajstić information content (AvgIpc) is 2.95. The zero-order chi connectivity index (χ0) is 14.8. The molecule has 3 nitrogen and oxygen atoms in total. The highest BCUT2D eigenvalue weighted by atomic mass is 32.1. The number of fused-ring (bicyclic) bond motifs is 1. The Bertz CT molecular complexity index is 608. The monoisotopic (exact) mass is 302 g/mol. The number of ether oxygens (including phenoxy) is 1. The molecule has 21 heavy (non-hydrogen) atoms. The molecule has 2 N–H and O–H groups in total. The minimum absolute atomic E-state index is 0.0569. The molecule has 0 radical (unpaired) electrons. The maximum Gasteiger partial charge on any atom is 0.123 e. The molecule has 112 valence electrons. The molecule has 0 bridgehead atoms. The number of nitrogens with zero attached hydrogens (tertiary/aromatic N) is 1. The van der Waals surface area contributed by atoms with E-state index in [1.807, 2.05) is 23.5 Å². The van der Waals surface area contributed by atoms with Gasteiger partial charge in [-0.3, -0.25) is 4.90 Å². The van der Waals surface area contributed by atoms with E-state index in [-0.39, 0.29) is 12.1 Å². The zero-order valence-electron chi connectivity index (χ0n) is 12.6. The molecule has 0 aliphatic carbocycles. The van der Waals surface area contributed by atoms with Crippen LogP contribution in [0.4, 0.5) is 0 Å². The molecule has 2 aromatic rings. The Morgan fingerprint density at radius 1 is 1.29 bits per heavy atom. The second kappa shape index (κ2) is 6.18. The Morgan fingerprint density at radius 2 is 2.10 bits per heavy atom. The van der Waals surface area contributed by atoms with Gasteiger partial charge in [-0.2, -0.15) is 0 Å². The molecule has 0 saturated carbocycles. The third-order valence-electron chi connectivity index (χ3n) is 4.19. The van der Waals surface area contributed by atoms with Crippen LogP contribution in [0.15, 0.2) is 35.7 Å². The van der Waals surface area contributed by atoms with Gasteiger partial charge in [-0.1, -0.05) is 18.2 Å². The SMILES string of the molecule is COc1ccccc1C(C(C)N)N1CCc2sccc2C1. The number of nitrogens with two attached hydrogens (primary N) is 1. The van der Waals surface area contributed by atoms with Crippen molar-refractivity contribution in [2.45, 2.75) is 32.0 Å². The Balaban J connectivity index is 1.92. The van der Waals surface area contributed by atoms with E-state index in [9.17, 15) is 0 Å². The number of thiophene rings is 1. The molecule has 2 heterocycles. The van der Waals surface area contributed by atoms with E-state index in [2.05, 4.69) is 35.4 Å². The summed E-state index contributed by atoms with van der Waals surface area (Å²) in [6, 6.07) is 10.7. The van der Waals surface area contributed by atoms with Crippen molar-refractivity contribution >= 4 is 11.3 Å². The second-order valence-corrected chi connectivity index (χ2v) is 6.64. The van der Waals surface area contributed by atoms with Gasteiger partial charge in [-0.25, -0.2) is 0 Å². The van der Waals surface area contributed by atoms with Gasteiger partial charge in [0, 0.05) is 29.6 Å². The van der Waals surface area contributed by atoms with Crippen molar-refractivity contribution in [3.8, 4) is 5.75 Å². The fourth-order valence-electron chi connectivity index (χ4n) is 3.23. The van der Waals surface area contributed by atoms with Crippen molar-refractivity contribution in [1.29, 1.82) is 0 Å². The molecule has 3 rings (SSSR count). The van der Waals surface area contributed by atoms with Crippen molar-refractivity contribution in [3.63, 3.8) is 0 Å². The van der Waals surface area contributed by atoms with Gasteiger partial charge in [-0.15, -0.1) is 11.3 Å². The van der Waals surface area contributed by atoms with Gasteiger partial charge in [0.1, 0.15) is 5.75 Å². The molecule has 0 spiro atoms. The smallest absolute Gasteiger partial charge is 0.123 e. The first-order valence-corrected chi connectivity index (χ1v) is 8.26. The Hall–Kier alpha value is -1.36. The van der Waals surface area contributed by atoms with Gasteiger partial charge in [-0.05, 0) is 36.4 Å². The molecular formula is C17H22N2OS. The highest BCUT2D eigenvalue weighted by Gasteiger charge is 2.29. The number of methoxy groups -OCH3 is 1. The molecule has 2 unspecified atom stereocenters. The third kappa shape index (κ3) is 2.84. The van der Waals surface area contributed by atoms with Crippen LogP contribution in [-0.4, -0.2) is 24.6 Å². The van der Waals surface area contributed by atoms with Crippen LogP contribution in [-0.2, 0) is 13.0 Å². The summed E-state index contributed by atoms with van der Waals surface area (Å²) in [4.78, 5) is 4.01. The standard InChI is InChI=1S/C17H22N2OS/c1-12(18)17(14-5-3-4-6-15(14)20-2)19-9-7-16-13(11-19)8-10-21-16/h3-6,8,10,12,17H,7,9,11,18H2,1-2H3. The van der Waals surface area contributed by atoms with E-state index in [0.29, 0.717) is 0 Å². The topological polar surface area (TPSA) is 38.5 Å². The van der Waals surface area contributed by atoms with Crippen LogP contribution in [0.25, 0.3) is 0 Å². The normalized spacial score (nSPS) is 18.0. The lowest BCUT2D eigenvalue weighted by Crippen LogP contribution is -2.42. The number of benzene rings is 1. The predicted octanol–water partition coefficient (Wildman–Crippen LogP) is 3.20. The summed E-state index contributed by atoms with van der Waals surface area (Å²) >= 11 is 1.87. The van der Waals surface area contributed by atoms with E-state index in [1.165, 1.54) is 16.0 Å². The van der Waals surface area contributed by atoms with Gasteiger partial charge >= 0.3 is 0 Å². The van der Waals surface area contributed by atoms with Crippen molar-refractivity contribution in [2.75, 3.05) is 13.7 Å². The first-order chi connectivity index (χ1) is 10.2. The van der Waals surface area contributed by atoms with Crippen molar-refractivity contribution in [2.24, 2.45) is 5.73 Å². The summed E-state index contributed by atoms with van der Waals surface area (Å²) in [5.74, 6) is 0.927. The average molecular weight is 302 g/mol. The Kier molecular flexibility index (Phi) is 4.29. The lowest BCUT2D eigenvalue weighted by molar-refractivity contribution is 0.158. The summed E-state index contributed by atoms with van der Waals surface area (Å²) in [7, 11) is 1.73. The van der Waals surface area contributed by atoms with Crippen LogP contribution in [0.5, 0.6) is 5.75 Å². The summed E-state index contributed by atoms with van der Waals surface area (Å²) in [6.45, 7) is 4.11. The van der Waals surface area contributed by atoms with E-state index in [4.69, 9.17) is 10.5 Å². The molecule has 1 aliphatic rings. The second-order valence-electron chi connectivity index (χ2n) is 5.64. The maximum atomic E-state index is 6.32. The molecule has 1 aromatic carbocycles. The lowest BCUT2D eigenvalue weighted by Gasteiger charge is -2.37. The molecule has 4 heteroatoms. The third-order valence-corrected chi connectivity index (χ3v) is 5.21. The van der Waals surface area contributed by atoms with Gasteiger partial charge < -0.3 is 10.5 Å². The number of para-hydroxylation sites is 1. The number of hydrogen-bond acceptors (Lipinski definition) is 4. The van der Waals surface area contributed by atoms with Crippen LogP contribution in [0.2, 0.25) is 0 Å². The van der Waals surface area contributed by atoms with E-state index in [1.54, 1.807) is 7.11 Å². The summed E-state index contributed by atoms with van der Waals surface area (Å²) in [5.41, 5.74) is 8.96. The molecule has 2 atom stereocenters. The molecule has 0 saturated heterocycles. The maximum absolute atomic E-state index is 6.32. The van der Waals surface area contributed by atoms with Crippen molar-refractivity contribution < 1.29 is 4.74 Å². The highest BCUT2D eigenvalue weighted by Crippen LogP contribution is 2.35. The van der Waals surface area contributed by atoms with Crippen LogP contribution in [0.3, 0.4) is 0 Å². The molecule has 0 amide bonds. The Labute approximate surface area is 130 Å². The zero-order valence-corrected chi connectivity index (χ0v) is 13.4. The Morgan fingerprint density at radius 3 is 2.86 bits per heavy atom. The minimum atomic E-state index is 0.0569. The van der Waals surface area contributed by atoms with Crippen LogP contribution >= 0.6 is 11.3 Å². The van der Waals surface area contributed by atoms with Gasteiger partial charge in [0.15, 0.2) is 0 Å². The molecule has 1 aliphatic heterocycles. The fraction of sp³-hybridized carbons (Fsp3) is 0.412. The van der Waals surface area contributed by atoms with E-state index < -0.39 is 0 Å². The molecular weight excluding hydrogens is 280 g/mol. The summed E-state index contributed by atoms with van der Waals surface area (Å²) in [6.07, 6.45) is 1.12. The first kappa shape index (κ1) is 14.6. The van der Waals surface area contributed by atoms with Crippen LogP contribution < -0.4 is 10.5 Å². The van der Waals surface area contributed by atoms with Gasteiger partial charge in [0.05, 0.1) is 13.2 Å². The molecule has 0 fully saturated rings. The number of rotatable bonds is 4. The van der Waals surface area contributed by atoms with Crippen LogP contribution in [0, 0.1) is 0 Å². The fourth-order valence-corrected chi connectivity index (χ4v) is 4.12. The largest absolute Gasteiger partial charge is 0.496 e.